The Balaban J connectivity index is 2.10. The molecule has 1 amide bonds. The van der Waals surface area contributed by atoms with Crippen molar-refractivity contribution in [3.05, 3.63) is 95.6 Å². The highest BCUT2D eigenvalue weighted by Gasteiger charge is 2.30. The molecule has 3 aromatic rings. The second-order valence-corrected chi connectivity index (χ2v) is 7.12. The number of carbonyl (C=O) groups excluding carboxylic acids is 1. The van der Waals surface area contributed by atoms with Gasteiger partial charge < -0.3 is 14.4 Å². The maximum atomic E-state index is 13.5. The summed E-state index contributed by atoms with van der Waals surface area (Å²) in [6.45, 7) is 4.09. The predicted octanol–water partition coefficient (Wildman–Crippen LogP) is 5.34. The van der Waals surface area contributed by atoms with Crippen LogP contribution in [-0.2, 0) is 0 Å². The zero-order chi connectivity index (χ0) is 20.8. The van der Waals surface area contributed by atoms with Gasteiger partial charge in [0.05, 0.1) is 20.3 Å². The van der Waals surface area contributed by atoms with Gasteiger partial charge in [-0.05, 0) is 61.4 Å². The predicted molar refractivity (Wildman–Crippen MR) is 116 cm³/mol. The zero-order valence-electron chi connectivity index (χ0n) is 17.3. The van der Waals surface area contributed by atoms with E-state index < -0.39 is 0 Å². The fourth-order valence-electron chi connectivity index (χ4n) is 3.47. The van der Waals surface area contributed by atoms with E-state index in [1.165, 1.54) is 0 Å². The second-order valence-electron chi connectivity index (χ2n) is 7.12. The van der Waals surface area contributed by atoms with Crippen molar-refractivity contribution in [1.82, 2.24) is 4.90 Å². The molecular weight excluding hydrogens is 362 g/mol. The topological polar surface area (TPSA) is 38.8 Å². The Hall–Kier alpha value is -3.27. The van der Waals surface area contributed by atoms with E-state index in [2.05, 4.69) is 0 Å². The maximum absolute atomic E-state index is 13.5. The van der Waals surface area contributed by atoms with Gasteiger partial charge in [0, 0.05) is 11.6 Å². The number of amides is 1. The van der Waals surface area contributed by atoms with Crippen LogP contribution in [0.25, 0.3) is 0 Å². The number of benzene rings is 3. The van der Waals surface area contributed by atoms with Crippen molar-refractivity contribution in [2.75, 3.05) is 14.2 Å². The summed E-state index contributed by atoms with van der Waals surface area (Å²) < 4.78 is 10.6. The van der Waals surface area contributed by atoms with Crippen LogP contribution in [0.5, 0.6) is 11.5 Å². The number of hydrogen-bond acceptors (Lipinski definition) is 3. The van der Waals surface area contributed by atoms with Gasteiger partial charge in [-0.15, -0.1) is 0 Å². The fourth-order valence-corrected chi connectivity index (χ4v) is 3.47. The fraction of sp³-hybridized carbons (Fsp3) is 0.240. The van der Waals surface area contributed by atoms with Crippen molar-refractivity contribution in [2.24, 2.45) is 0 Å². The Labute approximate surface area is 172 Å². The van der Waals surface area contributed by atoms with Crippen molar-refractivity contribution in [3.8, 4) is 11.5 Å². The number of ether oxygens (including phenoxy) is 2. The molecule has 4 heteroatoms. The number of hydrogen-bond donors (Lipinski definition) is 0. The molecule has 0 radical (unpaired) electrons. The third-order valence-electron chi connectivity index (χ3n) is 4.95. The average molecular weight is 389 g/mol. The molecular formula is C25H27NO3. The molecule has 0 unspecified atom stereocenters. The van der Waals surface area contributed by atoms with Crippen molar-refractivity contribution in [1.29, 1.82) is 0 Å². The maximum Gasteiger partial charge on any atom is 0.254 e. The van der Waals surface area contributed by atoms with Gasteiger partial charge in [-0.3, -0.25) is 4.79 Å². The summed E-state index contributed by atoms with van der Waals surface area (Å²) in [6, 6.07) is 24.9. The molecule has 0 saturated carbocycles. The third-order valence-corrected chi connectivity index (χ3v) is 4.95. The van der Waals surface area contributed by atoms with Gasteiger partial charge in [-0.2, -0.15) is 0 Å². The number of carbonyl (C=O) groups is 1. The van der Waals surface area contributed by atoms with Crippen LogP contribution in [0.2, 0.25) is 0 Å². The summed E-state index contributed by atoms with van der Waals surface area (Å²) in [5.74, 6) is 1.57. The first-order chi connectivity index (χ1) is 14.0. The lowest BCUT2D eigenvalue weighted by atomic mass is 9.94. The van der Waals surface area contributed by atoms with Gasteiger partial charge in [-0.1, -0.05) is 42.5 Å². The van der Waals surface area contributed by atoms with Gasteiger partial charge in [0.15, 0.2) is 0 Å². The lowest BCUT2D eigenvalue weighted by molar-refractivity contribution is 0.0644. The van der Waals surface area contributed by atoms with Crippen LogP contribution in [0, 0.1) is 0 Å². The minimum absolute atomic E-state index is 0.00256. The summed E-state index contributed by atoms with van der Waals surface area (Å²) in [6.07, 6.45) is 0. The lowest BCUT2D eigenvalue weighted by Gasteiger charge is -2.36. The van der Waals surface area contributed by atoms with E-state index in [9.17, 15) is 4.79 Å². The monoisotopic (exact) mass is 389 g/mol. The smallest absolute Gasteiger partial charge is 0.254 e. The van der Waals surface area contributed by atoms with Gasteiger partial charge >= 0.3 is 0 Å². The van der Waals surface area contributed by atoms with Crippen LogP contribution in [-0.4, -0.2) is 31.1 Å². The molecule has 0 atom stereocenters. The van der Waals surface area contributed by atoms with Crippen molar-refractivity contribution >= 4 is 5.91 Å². The lowest BCUT2D eigenvalue weighted by Crippen LogP contribution is -2.40. The first-order valence-corrected chi connectivity index (χ1v) is 9.70. The Bertz CT molecular complexity index is 871. The molecule has 0 spiro atoms. The molecule has 150 valence electrons. The highest BCUT2D eigenvalue weighted by Crippen LogP contribution is 2.33. The summed E-state index contributed by atoms with van der Waals surface area (Å²) in [4.78, 5) is 15.4. The van der Waals surface area contributed by atoms with Crippen LogP contribution in [0.1, 0.15) is 41.4 Å². The van der Waals surface area contributed by atoms with Crippen LogP contribution < -0.4 is 9.47 Å². The molecule has 0 bridgehead atoms. The van der Waals surface area contributed by atoms with Crippen LogP contribution in [0.3, 0.4) is 0 Å². The summed E-state index contributed by atoms with van der Waals surface area (Å²) in [5.41, 5.74) is 2.72. The first kappa shape index (κ1) is 20.5. The molecule has 0 aliphatic rings. The molecule has 0 heterocycles. The molecule has 0 N–H and O–H groups in total. The molecule has 0 aromatic heterocycles. The van der Waals surface area contributed by atoms with Crippen molar-refractivity contribution < 1.29 is 14.3 Å². The Morgan fingerprint density at radius 3 is 1.55 bits per heavy atom. The van der Waals surface area contributed by atoms with Crippen molar-refractivity contribution in [2.45, 2.75) is 25.9 Å². The van der Waals surface area contributed by atoms with Gasteiger partial charge in [0.1, 0.15) is 11.5 Å². The van der Waals surface area contributed by atoms with Crippen molar-refractivity contribution in [3.63, 3.8) is 0 Å². The minimum atomic E-state index is -0.237. The Morgan fingerprint density at radius 2 is 1.17 bits per heavy atom. The summed E-state index contributed by atoms with van der Waals surface area (Å²) >= 11 is 0. The van der Waals surface area contributed by atoms with Gasteiger partial charge in [0.2, 0.25) is 0 Å². The number of methoxy groups -OCH3 is 2. The van der Waals surface area contributed by atoms with Crippen LogP contribution in [0.15, 0.2) is 78.9 Å². The minimum Gasteiger partial charge on any atom is -0.497 e. The molecule has 0 aliphatic heterocycles. The Morgan fingerprint density at radius 1 is 0.724 bits per heavy atom. The standard InChI is InChI=1S/C25H27NO3/c1-18(2)26(25(27)21-8-6-5-7-9-21)24(19-10-14-22(28-3)15-11-19)20-12-16-23(29-4)17-13-20/h5-18,24H,1-4H3. The van der Waals surface area contributed by atoms with E-state index >= 15 is 0 Å². The van der Waals surface area contributed by atoms with E-state index in [-0.39, 0.29) is 18.0 Å². The largest absolute Gasteiger partial charge is 0.497 e. The molecule has 0 fully saturated rings. The van der Waals surface area contributed by atoms with E-state index in [1.807, 2.05) is 97.6 Å². The molecule has 3 aromatic carbocycles. The Kier molecular flexibility index (Phi) is 6.55. The number of rotatable bonds is 7. The van der Waals surface area contributed by atoms with Gasteiger partial charge in [0.25, 0.3) is 5.91 Å². The summed E-state index contributed by atoms with van der Waals surface area (Å²) in [5, 5.41) is 0. The molecule has 4 nitrogen and oxygen atoms in total. The van der Waals surface area contributed by atoms with E-state index in [1.54, 1.807) is 14.2 Å². The average Bonchev–Trinajstić information content (AvgIpc) is 2.77. The SMILES string of the molecule is COc1ccc(C(c2ccc(OC)cc2)N(C(=O)c2ccccc2)C(C)C)cc1. The van der Waals surface area contributed by atoms with Crippen LogP contribution in [0.4, 0.5) is 0 Å². The van der Waals surface area contributed by atoms with E-state index in [0.717, 1.165) is 22.6 Å². The highest BCUT2D eigenvalue weighted by atomic mass is 16.5. The van der Waals surface area contributed by atoms with Crippen LogP contribution >= 0.6 is 0 Å². The van der Waals surface area contributed by atoms with E-state index in [4.69, 9.17) is 9.47 Å². The summed E-state index contributed by atoms with van der Waals surface area (Å²) in [7, 11) is 3.30. The van der Waals surface area contributed by atoms with E-state index in [0.29, 0.717) is 5.56 Å². The van der Waals surface area contributed by atoms with Gasteiger partial charge in [-0.25, -0.2) is 0 Å². The second kappa shape index (κ2) is 9.28. The molecule has 29 heavy (non-hydrogen) atoms. The third kappa shape index (κ3) is 4.60. The zero-order valence-corrected chi connectivity index (χ0v) is 17.3. The number of nitrogens with zero attached hydrogens (tertiary/aromatic N) is 1. The normalized spacial score (nSPS) is 10.8. The molecule has 0 aliphatic carbocycles. The highest BCUT2D eigenvalue weighted by molar-refractivity contribution is 5.95. The molecule has 0 saturated heterocycles. The quantitative estimate of drug-likeness (QED) is 0.547. The first-order valence-electron chi connectivity index (χ1n) is 9.70. The molecule has 3 rings (SSSR count).